The van der Waals surface area contributed by atoms with Crippen LogP contribution in [0.3, 0.4) is 0 Å². The molecule has 1 amide bonds. The molecule has 1 heterocycles. The van der Waals surface area contributed by atoms with Crippen LogP contribution in [0.5, 0.6) is 0 Å². The molecule has 8 nitrogen and oxygen atoms in total. The van der Waals surface area contributed by atoms with Crippen molar-refractivity contribution in [1.29, 1.82) is 0 Å². The smallest absolute Gasteiger partial charge is 0.284 e. The Bertz CT molecular complexity index is 629. The van der Waals surface area contributed by atoms with Crippen LogP contribution in [-0.4, -0.2) is 47.2 Å². The standard InChI is InChI=1S/C13H13BrN4O4/c1-16-8-22-9-17(13(16)15-18(20)21)12(19)7-4-10-2-5-11(14)6-3-10/h2-7H,8-9H2,1H3/b7-4+,15-13+. The van der Waals surface area contributed by atoms with Gasteiger partial charge in [0.2, 0.25) is 0 Å². The summed E-state index contributed by atoms with van der Waals surface area (Å²) in [7, 11) is 1.56. The SMILES string of the molecule is CN1COCN(C(=O)/C=C/c2ccc(Br)cc2)/C1=N/[N+](=O)[O-]. The highest BCUT2D eigenvalue weighted by molar-refractivity contribution is 9.10. The van der Waals surface area contributed by atoms with Gasteiger partial charge in [0.15, 0.2) is 5.03 Å². The van der Waals surface area contributed by atoms with Gasteiger partial charge in [0.05, 0.1) is 0 Å². The number of nitrogens with zero attached hydrogens (tertiary/aromatic N) is 4. The molecular weight excluding hydrogens is 356 g/mol. The highest BCUT2D eigenvalue weighted by Gasteiger charge is 2.28. The maximum atomic E-state index is 12.2. The van der Waals surface area contributed by atoms with E-state index in [1.165, 1.54) is 11.0 Å². The molecule has 0 radical (unpaired) electrons. The van der Waals surface area contributed by atoms with Gasteiger partial charge < -0.3 is 9.64 Å². The fourth-order valence-electron chi connectivity index (χ4n) is 1.79. The molecule has 0 aliphatic carbocycles. The third kappa shape index (κ3) is 4.12. The third-order valence-corrected chi connectivity index (χ3v) is 3.34. The predicted octanol–water partition coefficient (Wildman–Crippen LogP) is 1.72. The minimum atomic E-state index is -0.837. The number of nitro groups is 1. The minimum Gasteiger partial charge on any atom is -0.340 e. The van der Waals surface area contributed by atoms with Crippen LogP contribution in [0.2, 0.25) is 0 Å². The average molecular weight is 369 g/mol. The lowest BCUT2D eigenvalue weighted by Crippen LogP contribution is -2.52. The second-order valence-corrected chi connectivity index (χ2v) is 5.36. The molecule has 1 aromatic rings. The molecule has 0 N–H and O–H groups in total. The van der Waals surface area contributed by atoms with Crippen LogP contribution in [-0.2, 0) is 9.53 Å². The van der Waals surface area contributed by atoms with E-state index in [2.05, 4.69) is 21.0 Å². The van der Waals surface area contributed by atoms with Gasteiger partial charge in [-0.05, 0) is 23.8 Å². The molecule has 0 atom stereocenters. The quantitative estimate of drug-likeness (QED) is 0.460. The molecule has 0 bridgehead atoms. The lowest BCUT2D eigenvalue weighted by molar-refractivity contribution is -0.486. The van der Waals surface area contributed by atoms with Gasteiger partial charge in [0.25, 0.3) is 11.9 Å². The van der Waals surface area contributed by atoms with E-state index < -0.39 is 10.9 Å². The topological polar surface area (TPSA) is 88.3 Å². The Kier molecular flexibility index (Phi) is 5.23. The molecule has 1 saturated heterocycles. The number of hydrazone groups is 1. The Hall–Kier alpha value is -2.26. The van der Waals surface area contributed by atoms with E-state index in [1.54, 1.807) is 13.1 Å². The summed E-state index contributed by atoms with van der Waals surface area (Å²) < 4.78 is 6.12. The first-order chi connectivity index (χ1) is 10.5. The van der Waals surface area contributed by atoms with E-state index in [4.69, 9.17) is 4.74 Å². The molecule has 1 aromatic carbocycles. The number of halogens is 1. The van der Waals surface area contributed by atoms with Gasteiger partial charge >= 0.3 is 0 Å². The summed E-state index contributed by atoms with van der Waals surface area (Å²) in [4.78, 5) is 25.3. The van der Waals surface area contributed by atoms with Crippen LogP contribution in [0, 0.1) is 10.1 Å². The van der Waals surface area contributed by atoms with Crippen LogP contribution in [0.1, 0.15) is 5.56 Å². The number of benzene rings is 1. The Morgan fingerprint density at radius 2 is 2.09 bits per heavy atom. The van der Waals surface area contributed by atoms with Crippen LogP contribution >= 0.6 is 15.9 Å². The Morgan fingerprint density at radius 1 is 1.41 bits per heavy atom. The third-order valence-electron chi connectivity index (χ3n) is 2.81. The van der Waals surface area contributed by atoms with Crippen LogP contribution in [0.25, 0.3) is 6.08 Å². The average Bonchev–Trinajstić information content (AvgIpc) is 2.48. The first-order valence-electron chi connectivity index (χ1n) is 6.24. The van der Waals surface area contributed by atoms with Crippen molar-refractivity contribution < 1.29 is 14.6 Å². The zero-order valence-corrected chi connectivity index (χ0v) is 13.3. The van der Waals surface area contributed by atoms with Gasteiger partial charge in [-0.25, -0.2) is 15.0 Å². The lowest BCUT2D eigenvalue weighted by Gasteiger charge is -2.32. The summed E-state index contributed by atoms with van der Waals surface area (Å²) in [6, 6.07) is 7.36. The molecular formula is C13H13BrN4O4. The van der Waals surface area contributed by atoms with Crippen molar-refractivity contribution in [2.45, 2.75) is 0 Å². The normalized spacial score (nSPS) is 17.3. The van der Waals surface area contributed by atoms with Crippen molar-refractivity contribution in [1.82, 2.24) is 9.80 Å². The van der Waals surface area contributed by atoms with Crippen molar-refractivity contribution in [3.05, 3.63) is 50.5 Å². The second kappa shape index (κ2) is 7.14. The number of rotatable bonds is 3. The zero-order valence-electron chi connectivity index (χ0n) is 11.7. The van der Waals surface area contributed by atoms with Crippen molar-refractivity contribution >= 4 is 33.9 Å². The Labute approximate surface area is 134 Å². The summed E-state index contributed by atoms with van der Waals surface area (Å²) in [6.07, 6.45) is 2.94. The fourth-order valence-corrected chi connectivity index (χ4v) is 2.05. The summed E-state index contributed by atoms with van der Waals surface area (Å²) in [6.45, 7) is 0.0490. The maximum Gasteiger partial charge on any atom is 0.284 e. The molecule has 2 rings (SSSR count). The molecule has 22 heavy (non-hydrogen) atoms. The number of guanidine groups is 1. The number of carbonyl (C=O) groups is 1. The zero-order chi connectivity index (χ0) is 16.1. The number of ether oxygens (including phenoxy) is 1. The van der Waals surface area contributed by atoms with Crippen molar-refractivity contribution in [2.24, 2.45) is 5.10 Å². The second-order valence-electron chi connectivity index (χ2n) is 4.45. The van der Waals surface area contributed by atoms with Gasteiger partial charge in [-0.3, -0.25) is 4.79 Å². The largest absolute Gasteiger partial charge is 0.340 e. The van der Waals surface area contributed by atoms with Crippen molar-refractivity contribution in [3.8, 4) is 0 Å². The molecule has 0 saturated carbocycles. The predicted molar refractivity (Wildman–Crippen MR) is 83.0 cm³/mol. The lowest BCUT2D eigenvalue weighted by atomic mass is 10.2. The molecule has 0 unspecified atom stereocenters. The summed E-state index contributed by atoms with van der Waals surface area (Å²) in [5.74, 6) is -0.503. The van der Waals surface area contributed by atoms with Crippen molar-refractivity contribution in [3.63, 3.8) is 0 Å². The Balaban J connectivity index is 2.15. The number of hydrogen-bond donors (Lipinski definition) is 0. The van der Waals surface area contributed by atoms with Gasteiger partial charge in [-0.2, -0.15) is 0 Å². The van der Waals surface area contributed by atoms with Crippen LogP contribution in [0.15, 0.2) is 39.9 Å². The summed E-state index contributed by atoms with van der Waals surface area (Å²) in [5, 5.41) is 13.0. The fraction of sp³-hybridized carbons (Fsp3) is 0.231. The van der Waals surface area contributed by atoms with Gasteiger partial charge in [-0.1, -0.05) is 28.1 Å². The minimum absolute atomic E-state index is 0.0540. The Morgan fingerprint density at radius 3 is 2.73 bits per heavy atom. The van der Waals surface area contributed by atoms with E-state index in [1.807, 2.05) is 24.3 Å². The highest BCUT2D eigenvalue weighted by atomic mass is 79.9. The summed E-state index contributed by atoms with van der Waals surface area (Å²) >= 11 is 3.32. The van der Waals surface area contributed by atoms with Crippen LogP contribution < -0.4 is 0 Å². The van der Waals surface area contributed by atoms with E-state index in [0.717, 1.165) is 14.9 Å². The molecule has 9 heteroatoms. The molecule has 1 fully saturated rings. The number of amides is 1. The molecule has 1 aliphatic heterocycles. The molecule has 0 aromatic heterocycles. The first-order valence-corrected chi connectivity index (χ1v) is 7.03. The summed E-state index contributed by atoms with van der Waals surface area (Å²) in [5.41, 5.74) is 0.829. The number of hydrogen-bond acceptors (Lipinski definition) is 4. The van der Waals surface area contributed by atoms with Crippen molar-refractivity contribution in [2.75, 3.05) is 20.5 Å². The monoisotopic (exact) mass is 368 g/mol. The first kappa shape index (κ1) is 16.1. The van der Waals surface area contributed by atoms with E-state index in [0.29, 0.717) is 0 Å². The van der Waals surface area contributed by atoms with Gasteiger partial charge in [0.1, 0.15) is 18.6 Å². The van der Waals surface area contributed by atoms with Gasteiger partial charge in [0, 0.05) is 17.6 Å². The van der Waals surface area contributed by atoms with E-state index in [9.17, 15) is 14.9 Å². The number of carbonyl (C=O) groups excluding carboxylic acids is 1. The van der Waals surface area contributed by atoms with Gasteiger partial charge in [-0.15, -0.1) is 0 Å². The molecule has 0 spiro atoms. The van der Waals surface area contributed by atoms with Crippen LogP contribution in [0.4, 0.5) is 0 Å². The molecule has 1 aliphatic rings. The van der Waals surface area contributed by atoms with E-state index in [-0.39, 0.29) is 19.4 Å². The maximum absolute atomic E-state index is 12.2. The highest BCUT2D eigenvalue weighted by Crippen LogP contribution is 2.12. The molecule has 116 valence electrons. The van der Waals surface area contributed by atoms with E-state index >= 15 is 0 Å².